The van der Waals surface area contributed by atoms with Gasteiger partial charge < -0.3 is 0 Å². The first-order valence-corrected chi connectivity index (χ1v) is 9.11. The van der Waals surface area contributed by atoms with E-state index in [0.29, 0.717) is 16.6 Å². The molecule has 0 saturated heterocycles. The van der Waals surface area contributed by atoms with E-state index in [1.54, 1.807) is 18.3 Å². The molecule has 0 bridgehead atoms. The van der Waals surface area contributed by atoms with Gasteiger partial charge in [0.2, 0.25) is 5.91 Å². The van der Waals surface area contributed by atoms with E-state index >= 15 is 0 Å². The van der Waals surface area contributed by atoms with Crippen molar-refractivity contribution in [2.24, 2.45) is 0 Å². The second-order valence-electron chi connectivity index (χ2n) is 5.24. The minimum Gasteiger partial charge on any atom is -0.298 e. The topological polar surface area (TPSA) is 42.0 Å². The third kappa shape index (κ3) is 4.92. The minimum absolute atomic E-state index is 0.251. The number of carbonyl (C=O) groups excluding carboxylic acids is 1. The van der Waals surface area contributed by atoms with E-state index in [9.17, 15) is 4.79 Å². The number of anilines is 1. The van der Waals surface area contributed by atoms with Gasteiger partial charge in [0.05, 0.1) is 0 Å². The zero-order chi connectivity index (χ0) is 17.6. The lowest BCUT2D eigenvalue weighted by atomic mass is 10.1. The minimum atomic E-state index is -0.251. The van der Waals surface area contributed by atoms with Crippen molar-refractivity contribution in [3.8, 4) is 0 Å². The largest absolute Gasteiger partial charge is 0.298 e. The molecular formula is C19H14Cl2N2OS. The summed E-state index contributed by atoms with van der Waals surface area (Å²) in [5, 5.41) is 4.64. The Morgan fingerprint density at radius 2 is 1.80 bits per heavy atom. The van der Waals surface area contributed by atoms with Crippen molar-refractivity contribution in [3.05, 3.63) is 86.9 Å². The maximum Gasteiger partial charge on any atom is 0.250 e. The van der Waals surface area contributed by atoms with Gasteiger partial charge in [0.1, 0.15) is 0 Å². The summed E-state index contributed by atoms with van der Waals surface area (Å²) in [5.41, 5.74) is 1.82. The molecule has 0 aliphatic rings. The molecule has 0 spiro atoms. The summed E-state index contributed by atoms with van der Waals surface area (Å²) in [4.78, 5) is 17.3. The second-order valence-corrected chi connectivity index (χ2v) is 7.17. The molecule has 0 aliphatic carbocycles. The van der Waals surface area contributed by atoms with Crippen LogP contribution in [0.25, 0.3) is 6.08 Å². The van der Waals surface area contributed by atoms with E-state index in [-0.39, 0.29) is 5.91 Å². The summed E-state index contributed by atoms with van der Waals surface area (Å²) in [6.07, 6.45) is 5.55. The van der Waals surface area contributed by atoms with Crippen LogP contribution in [0.2, 0.25) is 10.0 Å². The molecule has 0 saturated carbocycles. The van der Waals surface area contributed by atoms with Gasteiger partial charge in [-0.2, -0.15) is 0 Å². The second kappa shape index (κ2) is 8.30. The molecule has 1 heterocycles. The fourth-order valence-electron chi connectivity index (χ4n) is 2.20. The van der Waals surface area contributed by atoms with Crippen LogP contribution >= 0.6 is 34.5 Å². The van der Waals surface area contributed by atoms with Gasteiger partial charge in [-0.25, -0.2) is 4.98 Å². The van der Waals surface area contributed by atoms with Crippen LogP contribution in [0.5, 0.6) is 0 Å². The van der Waals surface area contributed by atoms with Crippen LogP contribution in [0.1, 0.15) is 16.0 Å². The normalized spacial score (nSPS) is 11.0. The molecule has 0 unspecified atom stereocenters. The number of benzene rings is 2. The van der Waals surface area contributed by atoms with Crippen LogP contribution in [0.3, 0.4) is 0 Å². The Hall–Kier alpha value is -2.14. The summed E-state index contributed by atoms with van der Waals surface area (Å²) in [7, 11) is 0. The third-order valence-corrected chi connectivity index (χ3v) is 5.05. The zero-order valence-corrected chi connectivity index (χ0v) is 15.4. The van der Waals surface area contributed by atoms with Gasteiger partial charge in [0.15, 0.2) is 5.13 Å². The Balaban J connectivity index is 1.62. The average molecular weight is 389 g/mol. The maximum atomic E-state index is 12.0. The molecule has 0 aliphatic heterocycles. The highest BCUT2D eigenvalue weighted by molar-refractivity contribution is 7.15. The number of halogens is 2. The predicted molar refractivity (Wildman–Crippen MR) is 105 cm³/mol. The van der Waals surface area contributed by atoms with Gasteiger partial charge >= 0.3 is 0 Å². The first-order valence-electron chi connectivity index (χ1n) is 7.53. The molecule has 1 amide bonds. The first kappa shape index (κ1) is 17.7. The number of rotatable bonds is 5. The lowest BCUT2D eigenvalue weighted by molar-refractivity contribution is -0.111. The number of thiazole rings is 1. The summed E-state index contributed by atoms with van der Waals surface area (Å²) in [6.45, 7) is 0. The van der Waals surface area contributed by atoms with Crippen molar-refractivity contribution in [1.82, 2.24) is 4.98 Å². The maximum absolute atomic E-state index is 12.0. The highest BCUT2D eigenvalue weighted by Crippen LogP contribution is 2.24. The van der Waals surface area contributed by atoms with Crippen molar-refractivity contribution in [1.29, 1.82) is 0 Å². The molecule has 0 fully saturated rings. The summed E-state index contributed by atoms with van der Waals surface area (Å²) < 4.78 is 0. The van der Waals surface area contributed by atoms with Crippen LogP contribution in [-0.2, 0) is 11.2 Å². The van der Waals surface area contributed by atoms with Crippen LogP contribution < -0.4 is 5.32 Å². The van der Waals surface area contributed by atoms with Crippen LogP contribution in [-0.4, -0.2) is 10.9 Å². The van der Waals surface area contributed by atoms with E-state index in [4.69, 9.17) is 23.2 Å². The number of nitrogens with one attached hydrogen (secondary N) is 1. The molecule has 3 nitrogen and oxygen atoms in total. The van der Waals surface area contributed by atoms with Crippen LogP contribution in [0.15, 0.2) is 60.8 Å². The van der Waals surface area contributed by atoms with E-state index < -0.39 is 0 Å². The van der Waals surface area contributed by atoms with E-state index in [0.717, 1.165) is 21.0 Å². The van der Waals surface area contributed by atoms with Gasteiger partial charge in [-0.05, 0) is 29.3 Å². The number of hydrogen-bond acceptors (Lipinski definition) is 3. The number of amides is 1. The predicted octanol–water partition coefficient (Wildman–Crippen LogP) is 5.69. The molecule has 3 rings (SSSR count). The van der Waals surface area contributed by atoms with Gasteiger partial charge in [-0.15, -0.1) is 11.3 Å². The molecule has 1 N–H and O–H groups in total. The molecule has 6 heteroatoms. The van der Waals surface area contributed by atoms with Crippen molar-refractivity contribution in [2.75, 3.05) is 5.32 Å². The molecule has 0 atom stereocenters. The number of nitrogens with zero attached hydrogens (tertiary/aromatic N) is 1. The highest BCUT2D eigenvalue weighted by atomic mass is 35.5. The van der Waals surface area contributed by atoms with Crippen LogP contribution in [0, 0.1) is 0 Å². The first-order chi connectivity index (χ1) is 12.1. The van der Waals surface area contributed by atoms with Crippen molar-refractivity contribution < 1.29 is 4.79 Å². The summed E-state index contributed by atoms with van der Waals surface area (Å²) in [5.74, 6) is -0.251. The average Bonchev–Trinajstić information content (AvgIpc) is 3.03. The van der Waals surface area contributed by atoms with Crippen molar-refractivity contribution >= 4 is 51.7 Å². The number of carbonyl (C=O) groups is 1. The van der Waals surface area contributed by atoms with E-state index in [1.165, 1.54) is 17.4 Å². The fourth-order valence-corrected chi connectivity index (χ4v) is 3.44. The van der Waals surface area contributed by atoms with E-state index in [1.807, 2.05) is 42.5 Å². The lowest BCUT2D eigenvalue weighted by Crippen LogP contribution is -2.07. The molecule has 2 aromatic carbocycles. The number of hydrogen-bond donors (Lipinski definition) is 1. The van der Waals surface area contributed by atoms with Gasteiger partial charge in [-0.3, -0.25) is 10.1 Å². The van der Waals surface area contributed by atoms with Crippen molar-refractivity contribution in [3.63, 3.8) is 0 Å². The Morgan fingerprint density at radius 3 is 2.56 bits per heavy atom. The summed E-state index contributed by atoms with van der Waals surface area (Å²) >= 11 is 13.7. The Morgan fingerprint density at radius 1 is 1.08 bits per heavy atom. The Labute approximate surface area is 159 Å². The number of aromatic nitrogens is 1. The van der Waals surface area contributed by atoms with Gasteiger partial charge in [-0.1, -0.05) is 59.6 Å². The molecular weight excluding hydrogens is 375 g/mol. The highest BCUT2D eigenvalue weighted by Gasteiger charge is 2.07. The molecule has 3 aromatic rings. The quantitative estimate of drug-likeness (QED) is 0.570. The fraction of sp³-hybridized carbons (Fsp3) is 0.0526. The SMILES string of the molecule is O=C(/C=C\c1ccccc1Cl)Nc1ncc(Cc2ccccc2Cl)s1. The summed E-state index contributed by atoms with van der Waals surface area (Å²) in [6, 6.07) is 15.0. The molecule has 0 radical (unpaired) electrons. The van der Waals surface area contributed by atoms with Gasteiger partial charge in [0.25, 0.3) is 0 Å². The monoisotopic (exact) mass is 388 g/mol. The Bertz CT molecular complexity index is 921. The third-order valence-electron chi connectivity index (χ3n) is 3.43. The Kier molecular flexibility index (Phi) is 5.87. The standard InChI is InChI=1S/C19H14Cl2N2OS/c20-16-7-3-1-5-13(16)9-10-18(24)23-19-22-12-15(25-19)11-14-6-2-4-8-17(14)21/h1-10,12H,11H2,(H,22,23,24)/b10-9-. The molecule has 126 valence electrons. The molecule has 1 aromatic heterocycles. The molecule has 25 heavy (non-hydrogen) atoms. The van der Waals surface area contributed by atoms with Gasteiger partial charge in [0, 0.05) is 33.6 Å². The van der Waals surface area contributed by atoms with Crippen LogP contribution in [0.4, 0.5) is 5.13 Å². The smallest absolute Gasteiger partial charge is 0.250 e. The lowest BCUT2D eigenvalue weighted by Gasteiger charge is -2.00. The zero-order valence-electron chi connectivity index (χ0n) is 13.1. The van der Waals surface area contributed by atoms with Crippen molar-refractivity contribution in [2.45, 2.75) is 6.42 Å². The van der Waals surface area contributed by atoms with E-state index in [2.05, 4.69) is 10.3 Å².